The van der Waals surface area contributed by atoms with Crippen LogP contribution in [0, 0.1) is 0 Å². The molecule has 0 aliphatic heterocycles. The number of hydrogen-bond acceptors (Lipinski definition) is 1. The van der Waals surface area contributed by atoms with E-state index < -0.39 is 0 Å². The molecule has 0 bridgehead atoms. The Bertz CT molecular complexity index is 2200. The molecule has 8 rings (SSSR count). The minimum atomic E-state index is 1.13. The predicted molar refractivity (Wildman–Crippen MR) is 192 cm³/mol. The molecule has 8 aromatic carbocycles. The van der Waals surface area contributed by atoms with Crippen molar-refractivity contribution in [3.05, 3.63) is 188 Å². The highest BCUT2D eigenvalue weighted by atomic mass is 15.1. The first-order valence-corrected chi connectivity index (χ1v) is 15.4. The summed E-state index contributed by atoms with van der Waals surface area (Å²) < 4.78 is 0. The first-order chi connectivity index (χ1) is 22.3. The molecule has 0 saturated heterocycles. The van der Waals surface area contributed by atoms with E-state index in [9.17, 15) is 0 Å². The number of fused-ring (bicyclic) bond motifs is 3. The van der Waals surface area contributed by atoms with Gasteiger partial charge in [-0.15, -0.1) is 0 Å². The maximum atomic E-state index is 2.36. The van der Waals surface area contributed by atoms with Crippen LogP contribution < -0.4 is 4.90 Å². The molecule has 1 heteroatoms. The fourth-order valence-electron chi connectivity index (χ4n) is 6.52. The lowest BCUT2D eigenvalue weighted by Gasteiger charge is -2.26. The standard InChI is InChI=1S/C44H31N/c1-4-14-33(15-5-1)41-24-13-25-42-40-23-11-10-16-36(40)31-43(44(41)42)34-28-26-32(27-29-34)35-17-12-22-39(30-35)45(37-18-6-2-7-19-37)38-20-8-3-9-21-38/h1-31H. The van der Waals surface area contributed by atoms with E-state index in [1.165, 1.54) is 54.9 Å². The van der Waals surface area contributed by atoms with Gasteiger partial charge in [-0.3, -0.25) is 0 Å². The molecule has 212 valence electrons. The highest BCUT2D eigenvalue weighted by Gasteiger charge is 2.15. The molecule has 0 atom stereocenters. The van der Waals surface area contributed by atoms with E-state index >= 15 is 0 Å². The van der Waals surface area contributed by atoms with E-state index in [1.54, 1.807) is 0 Å². The van der Waals surface area contributed by atoms with Gasteiger partial charge >= 0.3 is 0 Å². The molecule has 0 amide bonds. The highest BCUT2D eigenvalue weighted by molar-refractivity contribution is 6.18. The molecular formula is C44H31N. The van der Waals surface area contributed by atoms with Gasteiger partial charge in [0.2, 0.25) is 0 Å². The molecule has 0 aliphatic rings. The Kier molecular flexibility index (Phi) is 6.90. The first kappa shape index (κ1) is 26.7. The normalized spacial score (nSPS) is 11.1. The van der Waals surface area contributed by atoms with Crippen molar-refractivity contribution in [2.45, 2.75) is 0 Å². The van der Waals surface area contributed by atoms with Crippen LogP contribution >= 0.6 is 0 Å². The van der Waals surface area contributed by atoms with Gasteiger partial charge in [-0.25, -0.2) is 0 Å². The maximum Gasteiger partial charge on any atom is 0.0467 e. The summed E-state index contributed by atoms with van der Waals surface area (Å²) in [4.78, 5) is 2.31. The second-order valence-corrected chi connectivity index (χ2v) is 11.4. The van der Waals surface area contributed by atoms with E-state index in [0.29, 0.717) is 0 Å². The summed E-state index contributed by atoms with van der Waals surface area (Å²) >= 11 is 0. The molecule has 0 N–H and O–H groups in total. The van der Waals surface area contributed by atoms with Gasteiger partial charge in [0.1, 0.15) is 0 Å². The van der Waals surface area contributed by atoms with Gasteiger partial charge in [0.25, 0.3) is 0 Å². The lowest BCUT2D eigenvalue weighted by molar-refractivity contribution is 1.28. The van der Waals surface area contributed by atoms with Crippen molar-refractivity contribution in [1.82, 2.24) is 0 Å². The average molecular weight is 574 g/mol. The second kappa shape index (κ2) is 11.6. The maximum absolute atomic E-state index is 2.36. The number of benzene rings is 8. The molecule has 0 unspecified atom stereocenters. The summed E-state index contributed by atoms with van der Waals surface area (Å²) in [6, 6.07) is 67.5. The average Bonchev–Trinajstić information content (AvgIpc) is 3.13. The molecule has 0 aliphatic carbocycles. The lowest BCUT2D eigenvalue weighted by atomic mass is 9.88. The molecule has 0 saturated carbocycles. The number of rotatable bonds is 6. The summed E-state index contributed by atoms with van der Waals surface area (Å²) in [5.41, 5.74) is 10.7. The van der Waals surface area contributed by atoms with Crippen LogP contribution in [0.5, 0.6) is 0 Å². The van der Waals surface area contributed by atoms with E-state index in [0.717, 1.165) is 17.1 Å². The Morgan fingerprint density at radius 3 is 1.51 bits per heavy atom. The third kappa shape index (κ3) is 5.05. The van der Waals surface area contributed by atoms with Crippen molar-refractivity contribution < 1.29 is 0 Å². The van der Waals surface area contributed by atoms with Crippen LogP contribution in [0.2, 0.25) is 0 Å². The molecule has 45 heavy (non-hydrogen) atoms. The molecule has 0 radical (unpaired) electrons. The fourth-order valence-corrected chi connectivity index (χ4v) is 6.52. The SMILES string of the molecule is c1ccc(-c2cccc3c2c(-c2ccc(-c4cccc(N(c5ccccc5)c5ccccc5)c4)cc2)cc2ccccc23)cc1. The summed E-state index contributed by atoms with van der Waals surface area (Å²) in [6.07, 6.45) is 0. The summed E-state index contributed by atoms with van der Waals surface area (Å²) in [7, 11) is 0. The summed E-state index contributed by atoms with van der Waals surface area (Å²) in [6.45, 7) is 0. The van der Waals surface area contributed by atoms with Gasteiger partial charge in [-0.1, -0.05) is 146 Å². The van der Waals surface area contributed by atoms with Crippen molar-refractivity contribution in [2.24, 2.45) is 0 Å². The minimum Gasteiger partial charge on any atom is -0.310 e. The van der Waals surface area contributed by atoms with Crippen molar-refractivity contribution in [2.75, 3.05) is 4.90 Å². The zero-order chi connectivity index (χ0) is 30.0. The van der Waals surface area contributed by atoms with Crippen LogP contribution in [0.4, 0.5) is 17.1 Å². The quantitative estimate of drug-likeness (QED) is 0.179. The largest absolute Gasteiger partial charge is 0.310 e. The van der Waals surface area contributed by atoms with Crippen molar-refractivity contribution in [3.8, 4) is 33.4 Å². The highest BCUT2D eigenvalue weighted by Crippen LogP contribution is 2.41. The third-order valence-electron chi connectivity index (χ3n) is 8.63. The van der Waals surface area contributed by atoms with Crippen LogP contribution in [0.25, 0.3) is 54.9 Å². The van der Waals surface area contributed by atoms with Crippen LogP contribution in [-0.4, -0.2) is 0 Å². The van der Waals surface area contributed by atoms with Crippen LogP contribution in [0.1, 0.15) is 0 Å². The topological polar surface area (TPSA) is 3.24 Å². The van der Waals surface area contributed by atoms with Crippen LogP contribution in [-0.2, 0) is 0 Å². The summed E-state index contributed by atoms with van der Waals surface area (Å²) in [5, 5.41) is 5.11. The smallest absolute Gasteiger partial charge is 0.0467 e. The van der Waals surface area contributed by atoms with E-state index in [-0.39, 0.29) is 0 Å². The fraction of sp³-hybridized carbons (Fsp3) is 0. The van der Waals surface area contributed by atoms with Crippen molar-refractivity contribution in [3.63, 3.8) is 0 Å². The zero-order valence-corrected chi connectivity index (χ0v) is 24.8. The van der Waals surface area contributed by atoms with Crippen molar-refractivity contribution in [1.29, 1.82) is 0 Å². The molecular weight excluding hydrogens is 542 g/mol. The Balaban J connectivity index is 1.24. The number of para-hydroxylation sites is 2. The molecule has 0 spiro atoms. The second-order valence-electron chi connectivity index (χ2n) is 11.4. The van der Waals surface area contributed by atoms with E-state index in [4.69, 9.17) is 0 Å². The third-order valence-corrected chi connectivity index (χ3v) is 8.63. The van der Waals surface area contributed by atoms with Gasteiger partial charge < -0.3 is 4.90 Å². The Hall–Kier alpha value is -5.92. The lowest BCUT2D eigenvalue weighted by Crippen LogP contribution is -2.09. The van der Waals surface area contributed by atoms with Crippen molar-refractivity contribution >= 4 is 38.6 Å². The van der Waals surface area contributed by atoms with E-state index in [1.807, 2.05) is 0 Å². The molecule has 1 nitrogen and oxygen atoms in total. The number of nitrogens with zero attached hydrogens (tertiary/aromatic N) is 1. The van der Waals surface area contributed by atoms with Gasteiger partial charge in [0.05, 0.1) is 0 Å². The van der Waals surface area contributed by atoms with E-state index in [2.05, 4.69) is 193 Å². The van der Waals surface area contributed by atoms with Gasteiger partial charge in [0.15, 0.2) is 0 Å². The Labute approximate surface area is 264 Å². The predicted octanol–water partition coefficient (Wildman–Crippen LogP) is 12.5. The van der Waals surface area contributed by atoms with Gasteiger partial charge in [-0.2, -0.15) is 0 Å². The van der Waals surface area contributed by atoms with Crippen LogP contribution in [0.3, 0.4) is 0 Å². The van der Waals surface area contributed by atoms with Crippen LogP contribution in [0.15, 0.2) is 188 Å². The van der Waals surface area contributed by atoms with Gasteiger partial charge in [-0.05, 0) is 97.4 Å². The molecule has 0 aromatic heterocycles. The Morgan fingerprint density at radius 2 is 0.800 bits per heavy atom. The number of anilines is 3. The monoisotopic (exact) mass is 573 g/mol. The van der Waals surface area contributed by atoms with Gasteiger partial charge in [0, 0.05) is 17.1 Å². The first-order valence-electron chi connectivity index (χ1n) is 15.4. The summed E-state index contributed by atoms with van der Waals surface area (Å²) in [5.74, 6) is 0. The molecule has 0 heterocycles. The Morgan fingerprint density at radius 1 is 0.289 bits per heavy atom. The minimum absolute atomic E-state index is 1.13. The molecule has 0 fully saturated rings. The molecule has 8 aromatic rings. The zero-order valence-electron chi connectivity index (χ0n) is 24.8. The number of hydrogen-bond donors (Lipinski definition) is 0.